The van der Waals surface area contributed by atoms with Gasteiger partial charge >= 0.3 is 0 Å². The maximum atomic E-state index is 11.9. The number of likely N-dealkylation sites (N-methyl/N-ethyl adjacent to an activating group) is 1. The van der Waals surface area contributed by atoms with Crippen LogP contribution in [0, 0.1) is 6.92 Å². The molecule has 0 aliphatic heterocycles. The van der Waals surface area contributed by atoms with Gasteiger partial charge in [-0.1, -0.05) is 36.8 Å². The Morgan fingerprint density at radius 3 is 2.40 bits per heavy atom. The Kier molecular flexibility index (Phi) is 6.17. The molecule has 0 spiro atoms. The quantitative estimate of drug-likeness (QED) is 0.798. The van der Waals surface area contributed by atoms with Gasteiger partial charge in [-0.25, -0.2) is 0 Å². The predicted octanol–water partition coefficient (Wildman–Crippen LogP) is 1.70. The fourth-order valence-electron chi connectivity index (χ4n) is 1.99. The second kappa shape index (κ2) is 7.41. The third-order valence-electron chi connectivity index (χ3n) is 3.04. The van der Waals surface area contributed by atoms with Crippen LogP contribution in [0.4, 0.5) is 0 Å². The van der Waals surface area contributed by atoms with E-state index in [0.29, 0.717) is 19.6 Å². The molecule has 4 heteroatoms. The van der Waals surface area contributed by atoms with Crippen LogP contribution in [0.5, 0.6) is 0 Å². The van der Waals surface area contributed by atoms with E-state index in [1.54, 1.807) is 13.8 Å². The SMILES string of the molecule is CCN(CC(=O)NCc1ccc(C)cc1)CC(C)(C)O. The summed E-state index contributed by atoms with van der Waals surface area (Å²) >= 11 is 0. The third kappa shape index (κ3) is 6.68. The first kappa shape index (κ1) is 16.7. The van der Waals surface area contributed by atoms with Crippen LogP contribution in [0.25, 0.3) is 0 Å². The number of nitrogens with zero attached hydrogens (tertiary/aromatic N) is 1. The Hall–Kier alpha value is -1.39. The van der Waals surface area contributed by atoms with E-state index in [1.165, 1.54) is 5.56 Å². The standard InChI is InChI=1S/C16H26N2O2/c1-5-18(12-16(3,4)20)11-15(19)17-10-14-8-6-13(2)7-9-14/h6-9,20H,5,10-12H2,1-4H3,(H,17,19). The Labute approximate surface area is 121 Å². The van der Waals surface area contributed by atoms with Crippen LogP contribution in [0.15, 0.2) is 24.3 Å². The molecule has 0 atom stereocenters. The van der Waals surface area contributed by atoms with E-state index in [2.05, 4.69) is 5.32 Å². The molecule has 0 bridgehead atoms. The first-order valence-electron chi connectivity index (χ1n) is 7.07. The molecule has 0 aliphatic rings. The van der Waals surface area contributed by atoms with E-state index in [1.807, 2.05) is 43.0 Å². The summed E-state index contributed by atoms with van der Waals surface area (Å²) in [5, 5.41) is 12.7. The number of amides is 1. The van der Waals surface area contributed by atoms with Crippen LogP contribution in [0.2, 0.25) is 0 Å². The van der Waals surface area contributed by atoms with Crippen molar-refractivity contribution in [3.8, 4) is 0 Å². The molecule has 0 aliphatic carbocycles. The third-order valence-corrected chi connectivity index (χ3v) is 3.04. The zero-order valence-corrected chi connectivity index (χ0v) is 12.9. The molecule has 1 aromatic carbocycles. The first-order valence-corrected chi connectivity index (χ1v) is 7.07. The van der Waals surface area contributed by atoms with Crippen molar-refractivity contribution < 1.29 is 9.90 Å². The summed E-state index contributed by atoms with van der Waals surface area (Å²) in [6.07, 6.45) is 0. The zero-order valence-electron chi connectivity index (χ0n) is 12.9. The highest BCUT2D eigenvalue weighted by Gasteiger charge is 2.18. The fourth-order valence-corrected chi connectivity index (χ4v) is 1.99. The lowest BCUT2D eigenvalue weighted by molar-refractivity contribution is -0.123. The number of nitrogens with one attached hydrogen (secondary N) is 1. The highest BCUT2D eigenvalue weighted by Crippen LogP contribution is 2.05. The topological polar surface area (TPSA) is 52.6 Å². The lowest BCUT2D eigenvalue weighted by Crippen LogP contribution is -2.43. The molecular weight excluding hydrogens is 252 g/mol. The number of rotatable bonds is 7. The molecule has 0 unspecified atom stereocenters. The number of carbonyl (C=O) groups is 1. The number of hydrogen-bond donors (Lipinski definition) is 2. The van der Waals surface area contributed by atoms with Gasteiger partial charge in [0.05, 0.1) is 12.1 Å². The normalized spacial score (nSPS) is 11.7. The maximum Gasteiger partial charge on any atom is 0.234 e. The van der Waals surface area contributed by atoms with Gasteiger partial charge in [-0.15, -0.1) is 0 Å². The molecule has 0 saturated carbocycles. The second-order valence-electron chi connectivity index (χ2n) is 5.88. The van der Waals surface area contributed by atoms with Crippen molar-refractivity contribution in [1.29, 1.82) is 0 Å². The molecule has 112 valence electrons. The Bertz CT molecular complexity index is 421. The highest BCUT2D eigenvalue weighted by molar-refractivity contribution is 5.78. The van der Waals surface area contributed by atoms with E-state index >= 15 is 0 Å². The number of benzene rings is 1. The molecule has 0 heterocycles. The van der Waals surface area contributed by atoms with Crippen LogP contribution in [-0.2, 0) is 11.3 Å². The lowest BCUT2D eigenvalue weighted by atomic mass is 10.1. The summed E-state index contributed by atoms with van der Waals surface area (Å²) in [7, 11) is 0. The summed E-state index contributed by atoms with van der Waals surface area (Å²) in [4.78, 5) is 13.8. The van der Waals surface area contributed by atoms with Crippen molar-refractivity contribution in [3.05, 3.63) is 35.4 Å². The van der Waals surface area contributed by atoms with Crippen LogP contribution in [-0.4, -0.2) is 41.1 Å². The number of carbonyl (C=O) groups excluding carboxylic acids is 1. The summed E-state index contributed by atoms with van der Waals surface area (Å²) in [5.41, 5.74) is 1.52. The molecule has 0 radical (unpaired) electrons. The number of aliphatic hydroxyl groups is 1. The Morgan fingerprint density at radius 1 is 1.30 bits per heavy atom. The average Bonchev–Trinajstić information content (AvgIpc) is 2.35. The molecule has 1 amide bonds. The minimum absolute atomic E-state index is 0.0170. The van der Waals surface area contributed by atoms with Gasteiger partial charge in [0.25, 0.3) is 0 Å². The van der Waals surface area contributed by atoms with Crippen molar-refractivity contribution in [2.24, 2.45) is 0 Å². The van der Waals surface area contributed by atoms with Crippen LogP contribution in [0.1, 0.15) is 31.9 Å². The minimum Gasteiger partial charge on any atom is -0.389 e. The number of aryl methyl sites for hydroxylation is 1. The fraction of sp³-hybridized carbons (Fsp3) is 0.562. The molecule has 0 saturated heterocycles. The van der Waals surface area contributed by atoms with Crippen molar-refractivity contribution in [2.75, 3.05) is 19.6 Å². The summed E-state index contributed by atoms with van der Waals surface area (Å²) in [6, 6.07) is 8.11. The van der Waals surface area contributed by atoms with Gasteiger partial charge in [-0.05, 0) is 32.9 Å². The molecule has 1 rings (SSSR count). The summed E-state index contributed by atoms with van der Waals surface area (Å²) in [5.74, 6) is -0.0170. The largest absolute Gasteiger partial charge is 0.389 e. The van der Waals surface area contributed by atoms with Crippen molar-refractivity contribution in [1.82, 2.24) is 10.2 Å². The Balaban J connectivity index is 2.40. The summed E-state index contributed by atoms with van der Waals surface area (Å²) < 4.78 is 0. The van der Waals surface area contributed by atoms with Gasteiger partial charge in [-0.3, -0.25) is 9.69 Å². The van der Waals surface area contributed by atoms with E-state index < -0.39 is 5.60 Å². The van der Waals surface area contributed by atoms with Crippen LogP contribution in [0.3, 0.4) is 0 Å². The first-order chi connectivity index (χ1) is 9.30. The van der Waals surface area contributed by atoms with Crippen molar-refractivity contribution in [3.63, 3.8) is 0 Å². The lowest BCUT2D eigenvalue weighted by Gasteiger charge is -2.27. The monoisotopic (exact) mass is 278 g/mol. The zero-order chi connectivity index (χ0) is 15.2. The minimum atomic E-state index is -0.784. The van der Waals surface area contributed by atoms with Gasteiger partial charge in [0.2, 0.25) is 5.91 Å². The molecular formula is C16H26N2O2. The summed E-state index contributed by atoms with van der Waals surface area (Å²) in [6.45, 7) is 9.60. The van der Waals surface area contributed by atoms with E-state index in [4.69, 9.17) is 0 Å². The molecule has 4 nitrogen and oxygen atoms in total. The van der Waals surface area contributed by atoms with Crippen LogP contribution >= 0.6 is 0 Å². The van der Waals surface area contributed by atoms with Gasteiger partial charge in [0.15, 0.2) is 0 Å². The Morgan fingerprint density at radius 2 is 1.90 bits per heavy atom. The van der Waals surface area contributed by atoms with E-state index in [-0.39, 0.29) is 5.91 Å². The number of hydrogen-bond acceptors (Lipinski definition) is 3. The second-order valence-corrected chi connectivity index (χ2v) is 5.88. The predicted molar refractivity (Wildman–Crippen MR) is 81.4 cm³/mol. The highest BCUT2D eigenvalue weighted by atomic mass is 16.3. The average molecular weight is 278 g/mol. The molecule has 1 aromatic rings. The maximum absolute atomic E-state index is 11.9. The van der Waals surface area contributed by atoms with Gasteiger partial charge in [0.1, 0.15) is 0 Å². The van der Waals surface area contributed by atoms with Crippen molar-refractivity contribution >= 4 is 5.91 Å². The molecule has 20 heavy (non-hydrogen) atoms. The molecule has 0 fully saturated rings. The van der Waals surface area contributed by atoms with Crippen molar-refractivity contribution in [2.45, 2.75) is 39.8 Å². The molecule has 2 N–H and O–H groups in total. The van der Waals surface area contributed by atoms with E-state index in [0.717, 1.165) is 12.1 Å². The smallest absolute Gasteiger partial charge is 0.234 e. The molecule has 0 aromatic heterocycles. The van der Waals surface area contributed by atoms with E-state index in [9.17, 15) is 9.90 Å². The van der Waals surface area contributed by atoms with Gasteiger partial charge in [0, 0.05) is 13.1 Å². The van der Waals surface area contributed by atoms with Crippen LogP contribution < -0.4 is 5.32 Å². The van der Waals surface area contributed by atoms with Gasteiger partial charge < -0.3 is 10.4 Å². The van der Waals surface area contributed by atoms with Gasteiger partial charge in [-0.2, -0.15) is 0 Å².